The molecule has 0 bridgehead atoms. The van der Waals surface area contributed by atoms with Crippen LogP contribution in [0.5, 0.6) is 0 Å². The SMILES string of the molecule is C.CC.CC/C(C)=C\C[C@@H](C)CNC(=O)c1ccc(N)c(N(C)N)c1.O=C(NC1CCN(c2ccc(C(=O)C3CCC3)cc2)CC1)c1ccc2ccccc2c1. The molecule has 1 aliphatic carbocycles. The molecule has 302 valence electrons. The van der Waals surface area contributed by atoms with E-state index in [-0.39, 0.29) is 31.2 Å². The third-order valence-corrected chi connectivity index (χ3v) is 10.5. The van der Waals surface area contributed by atoms with Crippen LogP contribution in [0, 0.1) is 11.8 Å². The molecule has 6 rings (SSSR count). The number of hydrazine groups is 1. The summed E-state index contributed by atoms with van der Waals surface area (Å²) in [5.74, 6) is 6.54. The second kappa shape index (κ2) is 22.4. The molecule has 1 atom stereocenters. The van der Waals surface area contributed by atoms with E-state index in [0.717, 1.165) is 73.6 Å². The Labute approximate surface area is 335 Å². The molecule has 0 unspecified atom stereocenters. The Kier molecular flexibility index (Phi) is 18.1. The lowest BCUT2D eigenvalue weighted by Crippen LogP contribution is -2.44. The van der Waals surface area contributed by atoms with Gasteiger partial charge < -0.3 is 26.3 Å². The number of carbonyl (C=O) groups is 3. The summed E-state index contributed by atoms with van der Waals surface area (Å²) in [6, 6.07) is 27.4. The second-order valence-corrected chi connectivity index (χ2v) is 14.7. The van der Waals surface area contributed by atoms with E-state index in [2.05, 4.69) is 60.6 Å². The highest BCUT2D eigenvalue weighted by molar-refractivity contribution is 5.99. The summed E-state index contributed by atoms with van der Waals surface area (Å²) in [6.07, 6.45) is 9.38. The molecule has 2 amide bonds. The molecule has 4 aromatic rings. The minimum absolute atomic E-state index is 0. The van der Waals surface area contributed by atoms with Crippen molar-refractivity contribution in [3.8, 4) is 0 Å². The number of Topliss-reactive ketones (excluding diaryl/α,β-unsaturated/α-hetero) is 1. The zero-order valence-electron chi connectivity index (χ0n) is 33.7. The average Bonchev–Trinajstić information content (AvgIpc) is 3.19. The van der Waals surface area contributed by atoms with Gasteiger partial charge in [-0.25, -0.2) is 5.84 Å². The van der Waals surface area contributed by atoms with Crippen molar-refractivity contribution in [2.75, 3.05) is 42.3 Å². The summed E-state index contributed by atoms with van der Waals surface area (Å²) in [7, 11) is 1.69. The molecular weight excluding hydrogens is 697 g/mol. The fraction of sp³-hybridized carbons (Fsp3) is 0.426. The van der Waals surface area contributed by atoms with E-state index >= 15 is 0 Å². The number of ketones is 1. The van der Waals surface area contributed by atoms with Gasteiger partial charge in [-0.05, 0) is 117 Å². The third kappa shape index (κ3) is 12.7. The molecule has 9 heteroatoms. The Hall–Kier alpha value is -5.15. The maximum absolute atomic E-state index is 12.7. The lowest BCUT2D eigenvalue weighted by molar-refractivity contribution is 0.0854. The number of piperidine rings is 1. The lowest BCUT2D eigenvalue weighted by atomic mass is 9.80. The van der Waals surface area contributed by atoms with E-state index in [1.165, 1.54) is 17.0 Å². The predicted molar refractivity (Wildman–Crippen MR) is 236 cm³/mol. The van der Waals surface area contributed by atoms with Gasteiger partial charge in [-0.15, -0.1) is 0 Å². The van der Waals surface area contributed by atoms with Crippen molar-refractivity contribution in [2.24, 2.45) is 17.7 Å². The van der Waals surface area contributed by atoms with Crippen LogP contribution >= 0.6 is 0 Å². The Morgan fingerprint density at radius 3 is 2.07 bits per heavy atom. The fourth-order valence-corrected chi connectivity index (χ4v) is 6.61. The number of amides is 2. The Balaban J connectivity index is 0.000000300. The first-order valence-corrected chi connectivity index (χ1v) is 20.0. The molecule has 4 aromatic carbocycles. The number of carbonyl (C=O) groups excluding carboxylic acids is 3. The van der Waals surface area contributed by atoms with Crippen LogP contribution in [-0.4, -0.2) is 50.3 Å². The first-order valence-electron chi connectivity index (χ1n) is 20.0. The van der Waals surface area contributed by atoms with Gasteiger partial charge in [-0.3, -0.25) is 14.4 Å². The van der Waals surface area contributed by atoms with Crippen molar-refractivity contribution in [3.05, 3.63) is 113 Å². The first kappa shape index (κ1) is 45.2. The number of fused-ring (bicyclic) bond motifs is 1. The van der Waals surface area contributed by atoms with Gasteiger partial charge in [0.25, 0.3) is 11.8 Å². The normalized spacial score (nSPS) is 14.8. The van der Waals surface area contributed by atoms with Crippen molar-refractivity contribution in [3.63, 3.8) is 0 Å². The Morgan fingerprint density at radius 2 is 1.46 bits per heavy atom. The largest absolute Gasteiger partial charge is 0.397 e. The van der Waals surface area contributed by atoms with E-state index in [4.69, 9.17) is 11.6 Å². The Morgan fingerprint density at radius 1 is 0.857 bits per heavy atom. The highest BCUT2D eigenvalue weighted by Crippen LogP contribution is 2.31. The Bertz CT molecular complexity index is 1890. The third-order valence-electron chi connectivity index (χ3n) is 10.5. The monoisotopic (exact) mass is 763 g/mol. The van der Waals surface area contributed by atoms with E-state index < -0.39 is 0 Å². The van der Waals surface area contributed by atoms with Crippen molar-refractivity contribution in [1.29, 1.82) is 0 Å². The van der Waals surface area contributed by atoms with E-state index in [0.29, 0.717) is 40.7 Å². The first-order chi connectivity index (χ1) is 26.5. The molecule has 9 nitrogen and oxygen atoms in total. The molecule has 1 heterocycles. The van der Waals surface area contributed by atoms with E-state index in [1.54, 1.807) is 25.2 Å². The highest BCUT2D eigenvalue weighted by atomic mass is 16.2. The number of hydrogen-bond acceptors (Lipinski definition) is 7. The van der Waals surface area contributed by atoms with Crippen LogP contribution in [0.15, 0.2) is 96.6 Å². The van der Waals surface area contributed by atoms with Crippen molar-refractivity contribution in [1.82, 2.24) is 10.6 Å². The van der Waals surface area contributed by atoms with E-state index in [1.807, 2.05) is 62.4 Å². The number of nitrogen functional groups attached to an aromatic ring is 1. The minimum atomic E-state index is -0.105. The summed E-state index contributed by atoms with van der Waals surface area (Å²) in [5.41, 5.74) is 11.7. The summed E-state index contributed by atoms with van der Waals surface area (Å²) in [4.78, 5) is 39.7. The summed E-state index contributed by atoms with van der Waals surface area (Å²) >= 11 is 0. The van der Waals surface area contributed by atoms with Gasteiger partial charge >= 0.3 is 0 Å². The van der Waals surface area contributed by atoms with Crippen LogP contribution in [0.1, 0.15) is 118 Å². The number of rotatable bonds is 12. The molecular formula is C47H66N6O3. The van der Waals surface area contributed by atoms with E-state index in [9.17, 15) is 14.4 Å². The zero-order valence-corrected chi connectivity index (χ0v) is 33.7. The van der Waals surface area contributed by atoms with Crippen LogP contribution in [-0.2, 0) is 0 Å². The number of nitrogens with one attached hydrogen (secondary N) is 2. The number of anilines is 3. The molecule has 1 aliphatic heterocycles. The molecule has 2 aliphatic rings. The molecule has 1 saturated carbocycles. The highest BCUT2D eigenvalue weighted by Gasteiger charge is 2.27. The standard InChI is InChI=1S/C27H28N2O2.C17H28N4O.C2H6.CH4/c30-26(20-6-3-7-20)21-10-12-25(13-11-21)29-16-14-24(15-17-29)28-27(31)23-9-8-19-4-1-2-5-22(19)18-23;1-5-12(2)6-7-13(3)11-20-17(22)14-8-9-15(18)16(10-14)21(4)19;1-2;/h1-2,4-5,8-13,18,20,24H,3,6-7,14-17H2,(H,28,31);6,8-10,13H,5,7,11,18-19H2,1-4H3,(H,20,22);1-2H3;1H4/b;12-6-;;/t;13-;;/m.1../s1. The predicted octanol–water partition coefficient (Wildman–Crippen LogP) is 9.57. The smallest absolute Gasteiger partial charge is 0.251 e. The fourth-order valence-electron chi connectivity index (χ4n) is 6.61. The number of hydrogen-bond donors (Lipinski definition) is 4. The molecule has 1 saturated heterocycles. The van der Waals surface area contributed by atoms with Crippen molar-refractivity contribution < 1.29 is 14.4 Å². The van der Waals surface area contributed by atoms with Gasteiger partial charge in [0.2, 0.25) is 0 Å². The number of nitrogens with zero attached hydrogens (tertiary/aromatic N) is 2. The van der Waals surface area contributed by atoms with Crippen LogP contribution in [0.25, 0.3) is 10.8 Å². The molecule has 6 N–H and O–H groups in total. The number of benzene rings is 4. The molecule has 0 aromatic heterocycles. The van der Waals surface area contributed by atoms with Gasteiger partial charge in [0.1, 0.15) is 0 Å². The van der Waals surface area contributed by atoms with Crippen LogP contribution in [0.3, 0.4) is 0 Å². The molecule has 0 radical (unpaired) electrons. The zero-order chi connectivity index (χ0) is 39.9. The summed E-state index contributed by atoms with van der Waals surface area (Å²) < 4.78 is 0. The number of allylic oxidation sites excluding steroid dienone is 2. The quantitative estimate of drug-likeness (QED) is 0.0371. The van der Waals surface area contributed by atoms with Crippen LogP contribution < -0.4 is 32.1 Å². The molecule has 56 heavy (non-hydrogen) atoms. The maximum Gasteiger partial charge on any atom is 0.251 e. The van der Waals surface area contributed by atoms with Gasteiger partial charge in [0, 0.05) is 61.0 Å². The average molecular weight is 763 g/mol. The maximum atomic E-state index is 12.7. The topological polar surface area (TPSA) is 134 Å². The van der Waals surface area contributed by atoms with Gasteiger partial charge in [0.05, 0.1) is 11.4 Å². The van der Waals surface area contributed by atoms with Crippen LogP contribution in [0.2, 0.25) is 0 Å². The summed E-state index contributed by atoms with van der Waals surface area (Å²) in [6.45, 7) is 12.8. The minimum Gasteiger partial charge on any atom is -0.397 e. The van der Waals surface area contributed by atoms with Gasteiger partial charge in [-0.1, -0.05) is 83.5 Å². The van der Waals surface area contributed by atoms with Crippen molar-refractivity contribution >= 4 is 45.4 Å². The van der Waals surface area contributed by atoms with Gasteiger partial charge in [0.15, 0.2) is 5.78 Å². The van der Waals surface area contributed by atoms with Crippen LogP contribution in [0.4, 0.5) is 17.1 Å². The molecule has 2 fully saturated rings. The van der Waals surface area contributed by atoms with Gasteiger partial charge in [-0.2, -0.15) is 0 Å². The van der Waals surface area contributed by atoms with Crippen molar-refractivity contribution in [2.45, 2.75) is 93.0 Å². The molecule has 0 spiro atoms. The second-order valence-electron chi connectivity index (χ2n) is 14.7. The number of nitrogens with two attached hydrogens (primary N) is 2. The lowest BCUT2D eigenvalue weighted by Gasteiger charge is -2.34. The summed E-state index contributed by atoms with van der Waals surface area (Å²) in [5, 5.41) is 9.81.